The van der Waals surface area contributed by atoms with Crippen LogP contribution >= 0.6 is 0 Å². The number of halogens is 2. The number of nitrogens with zero attached hydrogens (tertiary/aromatic N) is 4. The Hall–Kier alpha value is -2.55. The molecule has 1 aliphatic rings. The molecule has 1 aliphatic heterocycles. The average Bonchev–Trinajstić information content (AvgIpc) is 2.59. The lowest BCUT2D eigenvalue weighted by Crippen LogP contribution is -2.35. The van der Waals surface area contributed by atoms with Crippen LogP contribution in [0.25, 0.3) is 0 Å². The van der Waals surface area contributed by atoms with Gasteiger partial charge in [0.05, 0.1) is 0 Å². The molecule has 2 heterocycles. The molecule has 1 aromatic carbocycles. The molecule has 2 aromatic rings. The second-order valence-electron chi connectivity index (χ2n) is 5.77. The molecule has 0 aliphatic carbocycles. The molecule has 3 rings (SSSR count). The molecule has 0 radical (unpaired) electrons. The molecule has 0 spiro atoms. The van der Waals surface area contributed by atoms with Gasteiger partial charge in [-0.25, -0.2) is 8.78 Å². The SMILES string of the molecule is N#Cc1ccc(N2CCC(Cc3ccc(F)c(F)c3)CC2)nn1. The van der Waals surface area contributed by atoms with E-state index < -0.39 is 11.6 Å². The van der Waals surface area contributed by atoms with Crippen molar-refractivity contribution >= 4 is 5.82 Å². The Bertz CT molecular complexity index is 716. The van der Waals surface area contributed by atoms with E-state index in [-0.39, 0.29) is 0 Å². The molecule has 1 fully saturated rings. The summed E-state index contributed by atoms with van der Waals surface area (Å²) in [5.41, 5.74) is 1.14. The summed E-state index contributed by atoms with van der Waals surface area (Å²) >= 11 is 0. The van der Waals surface area contributed by atoms with E-state index >= 15 is 0 Å². The maximum atomic E-state index is 13.3. The van der Waals surface area contributed by atoms with Crippen molar-refractivity contribution < 1.29 is 8.78 Å². The highest BCUT2D eigenvalue weighted by molar-refractivity contribution is 5.39. The summed E-state index contributed by atoms with van der Waals surface area (Å²) in [6, 6.07) is 9.54. The number of rotatable bonds is 3. The van der Waals surface area contributed by atoms with Gasteiger partial charge in [-0.3, -0.25) is 0 Å². The average molecular weight is 314 g/mol. The van der Waals surface area contributed by atoms with E-state index in [9.17, 15) is 8.78 Å². The molecule has 4 nitrogen and oxygen atoms in total. The van der Waals surface area contributed by atoms with Crippen molar-refractivity contribution in [2.45, 2.75) is 19.3 Å². The number of hydrogen-bond acceptors (Lipinski definition) is 4. The first-order valence-corrected chi connectivity index (χ1v) is 7.58. The maximum absolute atomic E-state index is 13.3. The molecule has 1 aromatic heterocycles. The fraction of sp³-hybridized carbons (Fsp3) is 0.353. The fourth-order valence-corrected chi connectivity index (χ4v) is 2.92. The fourth-order valence-electron chi connectivity index (χ4n) is 2.92. The van der Waals surface area contributed by atoms with E-state index in [4.69, 9.17) is 5.26 Å². The first-order chi connectivity index (χ1) is 11.2. The summed E-state index contributed by atoms with van der Waals surface area (Å²) in [6.45, 7) is 1.68. The van der Waals surface area contributed by atoms with Gasteiger partial charge in [0.1, 0.15) is 6.07 Å². The van der Waals surface area contributed by atoms with Crippen LogP contribution < -0.4 is 4.90 Å². The van der Waals surface area contributed by atoms with Gasteiger partial charge in [0.2, 0.25) is 0 Å². The van der Waals surface area contributed by atoms with Gasteiger partial charge >= 0.3 is 0 Å². The zero-order chi connectivity index (χ0) is 16.2. The first kappa shape index (κ1) is 15.3. The molecule has 0 amide bonds. The Kier molecular flexibility index (Phi) is 4.47. The normalized spacial score (nSPS) is 15.4. The number of piperidine rings is 1. The lowest BCUT2D eigenvalue weighted by atomic mass is 9.90. The summed E-state index contributed by atoms with van der Waals surface area (Å²) in [5, 5.41) is 16.6. The van der Waals surface area contributed by atoms with E-state index in [2.05, 4.69) is 15.1 Å². The highest BCUT2D eigenvalue weighted by Gasteiger charge is 2.21. The third-order valence-corrected chi connectivity index (χ3v) is 4.21. The summed E-state index contributed by atoms with van der Waals surface area (Å²) in [6.07, 6.45) is 2.67. The van der Waals surface area contributed by atoms with Crippen LogP contribution in [-0.2, 0) is 6.42 Å². The molecule has 0 saturated carbocycles. The Morgan fingerprint density at radius 3 is 2.48 bits per heavy atom. The van der Waals surface area contributed by atoms with Crippen molar-refractivity contribution in [1.29, 1.82) is 5.26 Å². The van der Waals surface area contributed by atoms with Crippen LogP contribution in [0.2, 0.25) is 0 Å². The van der Waals surface area contributed by atoms with Crippen LogP contribution in [0.3, 0.4) is 0 Å². The van der Waals surface area contributed by atoms with Crippen molar-refractivity contribution in [3.8, 4) is 6.07 Å². The van der Waals surface area contributed by atoms with Crippen molar-refractivity contribution in [3.63, 3.8) is 0 Å². The highest BCUT2D eigenvalue weighted by Crippen LogP contribution is 2.25. The number of benzene rings is 1. The second-order valence-corrected chi connectivity index (χ2v) is 5.77. The van der Waals surface area contributed by atoms with Crippen molar-refractivity contribution in [2.75, 3.05) is 18.0 Å². The molecular formula is C17H16F2N4. The minimum Gasteiger partial charge on any atom is -0.355 e. The van der Waals surface area contributed by atoms with Gasteiger partial charge in [-0.1, -0.05) is 6.07 Å². The molecule has 23 heavy (non-hydrogen) atoms. The van der Waals surface area contributed by atoms with Gasteiger partial charge in [0.15, 0.2) is 23.1 Å². The van der Waals surface area contributed by atoms with Gasteiger partial charge in [-0.05, 0) is 55.0 Å². The maximum Gasteiger partial charge on any atom is 0.163 e. The highest BCUT2D eigenvalue weighted by atomic mass is 19.2. The smallest absolute Gasteiger partial charge is 0.163 e. The topological polar surface area (TPSA) is 52.8 Å². The van der Waals surface area contributed by atoms with Crippen LogP contribution in [0.4, 0.5) is 14.6 Å². The predicted octanol–water partition coefficient (Wildman–Crippen LogP) is 3.09. The Labute approximate surface area is 133 Å². The molecule has 0 unspecified atom stereocenters. The van der Waals surface area contributed by atoms with Crippen LogP contribution in [0.1, 0.15) is 24.1 Å². The van der Waals surface area contributed by atoms with Gasteiger partial charge < -0.3 is 4.90 Å². The molecule has 1 saturated heterocycles. The molecule has 0 N–H and O–H groups in total. The van der Waals surface area contributed by atoms with E-state index in [0.717, 1.165) is 43.7 Å². The zero-order valence-electron chi connectivity index (χ0n) is 12.5. The third-order valence-electron chi connectivity index (χ3n) is 4.21. The Morgan fingerprint density at radius 1 is 1.09 bits per heavy atom. The van der Waals surface area contributed by atoms with E-state index in [1.807, 2.05) is 6.07 Å². The lowest BCUT2D eigenvalue weighted by Gasteiger charge is -2.32. The Balaban J connectivity index is 1.57. The second kappa shape index (κ2) is 6.69. The molecule has 0 bridgehead atoms. The zero-order valence-corrected chi connectivity index (χ0v) is 12.5. The first-order valence-electron chi connectivity index (χ1n) is 7.58. The number of hydrogen-bond donors (Lipinski definition) is 0. The summed E-state index contributed by atoms with van der Waals surface area (Å²) in [7, 11) is 0. The van der Waals surface area contributed by atoms with E-state index in [1.165, 1.54) is 12.1 Å². The summed E-state index contributed by atoms with van der Waals surface area (Å²) < 4.78 is 26.2. The van der Waals surface area contributed by atoms with Crippen molar-refractivity contribution in [1.82, 2.24) is 10.2 Å². The monoisotopic (exact) mass is 314 g/mol. The quantitative estimate of drug-likeness (QED) is 0.873. The van der Waals surface area contributed by atoms with Gasteiger partial charge in [0, 0.05) is 13.1 Å². The molecule has 0 atom stereocenters. The Morgan fingerprint density at radius 2 is 1.87 bits per heavy atom. The summed E-state index contributed by atoms with van der Waals surface area (Å²) in [5.74, 6) is -0.367. The summed E-state index contributed by atoms with van der Waals surface area (Å²) in [4.78, 5) is 2.13. The van der Waals surface area contributed by atoms with Crippen molar-refractivity contribution in [3.05, 3.63) is 53.2 Å². The molecular weight excluding hydrogens is 298 g/mol. The van der Waals surface area contributed by atoms with E-state index in [0.29, 0.717) is 11.6 Å². The lowest BCUT2D eigenvalue weighted by molar-refractivity contribution is 0.400. The van der Waals surface area contributed by atoms with Crippen LogP contribution in [-0.4, -0.2) is 23.3 Å². The largest absolute Gasteiger partial charge is 0.355 e. The standard InChI is InChI=1S/C17H16F2N4/c18-15-3-1-13(10-16(15)19)9-12-5-7-23(8-6-12)17-4-2-14(11-20)21-22-17/h1-4,10,12H,5-9H2. The van der Waals surface area contributed by atoms with E-state index in [1.54, 1.807) is 18.2 Å². The van der Waals surface area contributed by atoms with Crippen LogP contribution in [0, 0.1) is 28.9 Å². The van der Waals surface area contributed by atoms with Gasteiger partial charge in [-0.15, -0.1) is 10.2 Å². The number of nitriles is 1. The molecule has 118 valence electrons. The number of anilines is 1. The van der Waals surface area contributed by atoms with Crippen molar-refractivity contribution in [2.24, 2.45) is 5.92 Å². The van der Waals surface area contributed by atoms with Gasteiger partial charge in [0.25, 0.3) is 0 Å². The third kappa shape index (κ3) is 3.62. The number of aromatic nitrogens is 2. The van der Waals surface area contributed by atoms with Gasteiger partial charge in [-0.2, -0.15) is 5.26 Å². The van der Waals surface area contributed by atoms with Crippen LogP contribution in [0.5, 0.6) is 0 Å². The predicted molar refractivity (Wildman–Crippen MR) is 81.7 cm³/mol. The van der Waals surface area contributed by atoms with Crippen LogP contribution in [0.15, 0.2) is 30.3 Å². The minimum absolute atomic E-state index is 0.307. The molecule has 6 heteroatoms. The minimum atomic E-state index is -0.803.